The van der Waals surface area contributed by atoms with Gasteiger partial charge in [0.1, 0.15) is 11.5 Å². The molecule has 22 heavy (non-hydrogen) atoms. The number of phenolic OH excluding ortho intramolecular Hbond substituents is 1. The number of Topliss-reactive ketones (excluding diaryl/α,β-unsaturated/α-hetero) is 1. The molecule has 1 N–H and O–H groups in total. The second kappa shape index (κ2) is 6.82. The number of ether oxygens (including phenoxy) is 1. The maximum Gasteiger partial charge on any atom is 0.158 e. The van der Waals surface area contributed by atoms with E-state index in [9.17, 15) is 9.90 Å². The summed E-state index contributed by atoms with van der Waals surface area (Å²) in [4.78, 5) is 11.9. The molecule has 0 saturated heterocycles. The molecule has 1 atom stereocenters. The van der Waals surface area contributed by atoms with Crippen molar-refractivity contribution in [1.29, 1.82) is 0 Å². The first-order valence-electron chi connectivity index (χ1n) is 7.73. The van der Waals surface area contributed by atoms with Crippen LogP contribution in [-0.2, 0) is 11.2 Å². The lowest BCUT2D eigenvalue weighted by molar-refractivity contribution is -0.116. The molecule has 0 radical (unpaired) electrons. The Kier molecular flexibility index (Phi) is 5.07. The third-order valence-corrected chi connectivity index (χ3v) is 4.03. The number of ketones is 1. The van der Waals surface area contributed by atoms with Crippen molar-refractivity contribution >= 4 is 5.78 Å². The Morgan fingerprint density at radius 2 is 2.18 bits per heavy atom. The fraction of sp³-hybridized carbons (Fsp3) is 0.421. The van der Waals surface area contributed by atoms with E-state index in [-0.39, 0.29) is 23.6 Å². The molecule has 1 aliphatic carbocycles. The molecule has 0 fully saturated rings. The average Bonchev–Trinajstić information content (AvgIpc) is 2.45. The molecular weight excluding hydrogens is 276 g/mol. The van der Waals surface area contributed by atoms with Crippen LogP contribution in [0.3, 0.4) is 0 Å². The predicted octanol–water partition coefficient (Wildman–Crippen LogP) is 4.20. The SMILES string of the molecule is C=C(Cc1c(O)cccc1OC(C)C)[C@@H]1CC=C(C)C(=O)C1. The standard InChI is InChI=1S/C19H24O3/c1-12(2)22-19-7-5-6-17(20)16(19)10-14(4)15-9-8-13(3)18(21)11-15/h5-8,12,15,20H,4,9-11H2,1-3H3/t15-/m1/s1. The van der Waals surface area contributed by atoms with Crippen LogP contribution in [0, 0.1) is 5.92 Å². The molecule has 0 heterocycles. The summed E-state index contributed by atoms with van der Waals surface area (Å²) in [6.45, 7) is 9.92. The van der Waals surface area contributed by atoms with Crippen LogP contribution >= 0.6 is 0 Å². The van der Waals surface area contributed by atoms with Crippen LogP contribution < -0.4 is 4.74 Å². The second-order valence-electron chi connectivity index (χ2n) is 6.20. The van der Waals surface area contributed by atoms with E-state index in [0.717, 1.165) is 23.1 Å². The van der Waals surface area contributed by atoms with Crippen molar-refractivity contribution < 1.29 is 14.6 Å². The maximum atomic E-state index is 11.9. The molecule has 0 bridgehead atoms. The Morgan fingerprint density at radius 3 is 2.82 bits per heavy atom. The van der Waals surface area contributed by atoms with E-state index in [2.05, 4.69) is 6.58 Å². The zero-order valence-electron chi connectivity index (χ0n) is 13.6. The highest BCUT2D eigenvalue weighted by molar-refractivity contribution is 5.95. The van der Waals surface area contributed by atoms with E-state index in [1.54, 1.807) is 12.1 Å². The van der Waals surface area contributed by atoms with Gasteiger partial charge >= 0.3 is 0 Å². The van der Waals surface area contributed by atoms with E-state index in [1.165, 1.54) is 0 Å². The van der Waals surface area contributed by atoms with Gasteiger partial charge in [-0.3, -0.25) is 4.79 Å². The number of aromatic hydroxyl groups is 1. The van der Waals surface area contributed by atoms with Gasteiger partial charge < -0.3 is 9.84 Å². The number of phenols is 1. The summed E-state index contributed by atoms with van der Waals surface area (Å²) in [6.07, 6.45) is 3.90. The topological polar surface area (TPSA) is 46.5 Å². The Labute approximate surface area is 132 Å². The van der Waals surface area contributed by atoms with Crippen LogP contribution in [0.1, 0.15) is 39.2 Å². The van der Waals surface area contributed by atoms with Crippen LogP contribution in [0.15, 0.2) is 42.0 Å². The summed E-state index contributed by atoms with van der Waals surface area (Å²) in [5.74, 6) is 1.23. The molecule has 0 amide bonds. The van der Waals surface area contributed by atoms with Gasteiger partial charge in [0.15, 0.2) is 5.78 Å². The highest BCUT2D eigenvalue weighted by Crippen LogP contribution is 2.34. The number of hydrogen-bond donors (Lipinski definition) is 1. The first kappa shape index (κ1) is 16.3. The first-order valence-corrected chi connectivity index (χ1v) is 7.73. The lowest BCUT2D eigenvalue weighted by Gasteiger charge is -2.23. The van der Waals surface area contributed by atoms with Crippen LogP contribution in [0.4, 0.5) is 0 Å². The smallest absolute Gasteiger partial charge is 0.158 e. The second-order valence-corrected chi connectivity index (χ2v) is 6.20. The molecular formula is C19H24O3. The predicted molar refractivity (Wildman–Crippen MR) is 88.2 cm³/mol. The van der Waals surface area contributed by atoms with E-state index >= 15 is 0 Å². The van der Waals surface area contributed by atoms with Crippen molar-refractivity contribution in [3.05, 3.63) is 47.6 Å². The number of allylic oxidation sites excluding steroid dienone is 3. The summed E-state index contributed by atoms with van der Waals surface area (Å²) in [5, 5.41) is 10.1. The largest absolute Gasteiger partial charge is 0.508 e. The molecule has 3 nitrogen and oxygen atoms in total. The molecule has 0 saturated carbocycles. The van der Waals surface area contributed by atoms with Crippen molar-refractivity contribution in [2.75, 3.05) is 0 Å². The van der Waals surface area contributed by atoms with Gasteiger partial charge in [-0.05, 0) is 50.8 Å². The van der Waals surface area contributed by atoms with Crippen LogP contribution in [0.5, 0.6) is 11.5 Å². The van der Waals surface area contributed by atoms with Crippen molar-refractivity contribution in [2.45, 2.75) is 46.1 Å². The normalized spacial score (nSPS) is 18.3. The van der Waals surface area contributed by atoms with Crippen LogP contribution in [0.2, 0.25) is 0 Å². The number of carbonyl (C=O) groups excluding carboxylic acids is 1. The lowest BCUT2D eigenvalue weighted by Crippen LogP contribution is -2.17. The minimum absolute atomic E-state index is 0.0376. The summed E-state index contributed by atoms with van der Waals surface area (Å²) < 4.78 is 5.77. The van der Waals surface area contributed by atoms with Gasteiger partial charge in [-0.1, -0.05) is 24.3 Å². The summed E-state index contributed by atoms with van der Waals surface area (Å²) in [7, 11) is 0. The van der Waals surface area contributed by atoms with Crippen molar-refractivity contribution in [1.82, 2.24) is 0 Å². The Bertz CT molecular complexity index is 611. The molecule has 1 aromatic rings. The summed E-state index contributed by atoms with van der Waals surface area (Å²) >= 11 is 0. The first-order chi connectivity index (χ1) is 10.4. The van der Waals surface area contributed by atoms with Gasteiger partial charge in [0, 0.05) is 18.4 Å². The Morgan fingerprint density at radius 1 is 1.45 bits per heavy atom. The molecule has 0 aliphatic heterocycles. The van der Waals surface area contributed by atoms with Crippen LogP contribution in [-0.4, -0.2) is 17.0 Å². The van der Waals surface area contributed by atoms with Crippen molar-refractivity contribution in [2.24, 2.45) is 5.92 Å². The molecule has 3 heteroatoms. The van der Waals surface area contributed by atoms with E-state index in [1.807, 2.05) is 32.9 Å². The van der Waals surface area contributed by atoms with Gasteiger partial charge in [-0.25, -0.2) is 0 Å². The van der Waals surface area contributed by atoms with E-state index in [4.69, 9.17) is 4.74 Å². The zero-order chi connectivity index (χ0) is 16.3. The fourth-order valence-electron chi connectivity index (χ4n) is 2.68. The van der Waals surface area contributed by atoms with E-state index in [0.29, 0.717) is 18.6 Å². The summed E-state index contributed by atoms with van der Waals surface area (Å²) in [6, 6.07) is 5.29. The van der Waals surface area contributed by atoms with Gasteiger partial charge in [0.2, 0.25) is 0 Å². The van der Waals surface area contributed by atoms with Gasteiger partial charge in [0.25, 0.3) is 0 Å². The highest BCUT2D eigenvalue weighted by Gasteiger charge is 2.23. The van der Waals surface area contributed by atoms with Gasteiger partial charge in [0.05, 0.1) is 6.10 Å². The molecule has 1 aliphatic rings. The molecule has 1 aromatic carbocycles. The van der Waals surface area contributed by atoms with E-state index < -0.39 is 0 Å². The third kappa shape index (κ3) is 3.79. The van der Waals surface area contributed by atoms with Crippen molar-refractivity contribution in [3.63, 3.8) is 0 Å². The molecule has 118 valence electrons. The van der Waals surface area contributed by atoms with Gasteiger partial charge in [-0.15, -0.1) is 0 Å². The van der Waals surface area contributed by atoms with Crippen molar-refractivity contribution in [3.8, 4) is 11.5 Å². The summed E-state index contributed by atoms with van der Waals surface area (Å²) in [5.41, 5.74) is 2.56. The Hall–Kier alpha value is -2.03. The average molecular weight is 300 g/mol. The minimum Gasteiger partial charge on any atom is -0.508 e. The fourth-order valence-corrected chi connectivity index (χ4v) is 2.68. The maximum absolute atomic E-state index is 11.9. The van der Waals surface area contributed by atoms with Gasteiger partial charge in [-0.2, -0.15) is 0 Å². The number of rotatable bonds is 5. The highest BCUT2D eigenvalue weighted by atomic mass is 16.5. The molecule has 0 unspecified atom stereocenters. The third-order valence-electron chi connectivity index (χ3n) is 4.03. The monoisotopic (exact) mass is 300 g/mol. The number of carbonyl (C=O) groups is 1. The molecule has 2 rings (SSSR count). The zero-order valence-corrected chi connectivity index (χ0v) is 13.6. The van der Waals surface area contributed by atoms with Crippen LogP contribution in [0.25, 0.3) is 0 Å². The minimum atomic E-state index is 0.0376. The number of benzene rings is 1. The molecule has 0 spiro atoms. The molecule has 0 aromatic heterocycles. The lowest BCUT2D eigenvalue weighted by atomic mass is 9.82. The number of hydrogen-bond acceptors (Lipinski definition) is 3. The Balaban J connectivity index is 2.17. The quantitative estimate of drug-likeness (QED) is 0.829.